The van der Waals surface area contributed by atoms with Crippen molar-refractivity contribution >= 4 is 0 Å². The molecular weight excluding hydrogens is 206 g/mol. The summed E-state index contributed by atoms with van der Waals surface area (Å²) in [7, 11) is 0. The van der Waals surface area contributed by atoms with Gasteiger partial charge < -0.3 is 0 Å². The lowest BCUT2D eigenvalue weighted by atomic mass is 9.97. The summed E-state index contributed by atoms with van der Waals surface area (Å²) >= 11 is 0. The van der Waals surface area contributed by atoms with E-state index < -0.39 is 0 Å². The zero-order valence-electron chi connectivity index (χ0n) is 10.6. The van der Waals surface area contributed by atoms with E-state index in [1.807, 2.05) is 12.3 Å². The largest absolute Gasteiger partial charge is 0.256 e. The fourth-order valence-corrected chi connectivity index (χ4v) is 2.10. The van der Waals surface area contributed by atoms with E-state index in [-0.39, 0.29) is 0 Å². The van der Waals surface area contributed by atoms with Gasteiger partial charge in [0.05, 0.1) is 5.69 Å². The summed E-state index contributed by atoms with van der Waals surface area (Å²) < 4.78 is 0. The first-order valence-corrected chi connectivity index (χ1v) is 6.33. The highest BCUT2D eigenvalue weighted by atomic mass is 14.7. The molecule has 0 unspecified atom stereocenters. The van der Waals surface area contributed by atoms with E-state index in [9.17, 15) is 0 Å². The SMILES string of the molecule is CCCCc1c(C)ccnc1-c1ccccc1. The number of hydrogen-bond donors (Lipinski definition) is 0. The minimum atomic E-state index is 1.13. The van der Waals surface area contributed by atoms with Gasteiger partial charge in [0.15, 0.2) is 0 Å². The monoisotopic (exact) mass is 225 g/mol. The number of hydrogen-bond acceptors (Lipinski definition) is 1. The molecule has 1 nitrogen and oxygen atoms in total. The lowest BCUT2D eigenvalue weighted by molar-refractivity contribution is 0.789. The molecule has 0 bridgehead atoms. The van der Waals surface area contributed by atoms with Crippen molar-refractivity contribution < 1.29 is 0 Å². The molecule has 2 aromatic rings. The maximum atomic E-state index is 4.56. The summed E-state index contributed by atoms with van der Waals surface area (Å²) in [6.45, 7) is 4.41. The van der Waals surface area contributed by atoms with E-state index in [1.54, 1.807) is 0 Å². The molecule has 88 valence electrons. The highest BCUT2D eigenvalue weighted by Crippen LogP contribution is 2.24. The minimum absolute atomic E-state index is 1.13. The van der Waals surface area contributed by atoms with Crippen LogP contribution in [-0.2, 0) is 6.42 Å². The van der Waals surface area contributed by atoms with Gasteiger partial charge in [0.25, 0.3) is 0 Å². The Morgan fingerprint density at radius 3 is 2.53 bits per heavy atom. The number of pyridine rings is 1. The first-order valence-electron chi connectivity index (χ1n) is 6.33. The van der Waals surface area contributed by atoms with Crippen molar-refractivity contribution in [2.75, 3.05) is 0 Å². The third-order valence-electron chi connectivity index (χ3n) is 3.12. The summed E-state index contributed by atoms with van der Waals surface area (Å²) in [5.41, 5.74) is 5.13. The van der Waals surface area contributed by atoms with Crippen molar-refractivity contribution in [3.8, 4) is 11.3 Å². The Bertz CT molecular complexity index is 474. The van der Waals surface area contributed by atoms with Crippen molar-refractivity contribution in [3.63, 3.8) is 0 Å². The normalized spacial score (nSPS) is 10.5. The first-order chi connectivity index (χ1) is 8.33. The Balaban J connectivity index is 2.43. The summed E-state index contributed by atoms with van der Waals surface area (Å²) in [6, 6.07) is 12.6. The summed E-state index contributed by atoms with van der Waals surface area (Å²) in [6.07, 6.45) is 5.49. The Kier molecular flexibility index (Phi) is 3.92. The van der Waals surface area contributed by atoms with Gasteiger partial charge >= 0.3 is 0 Å². The molecule has 0 aliphatic carbocycles. The van der Waals surface area contributed by atoms with Gasteiger partial charge in [-0.2, -0.15) is 0 Å². The second-order valence-electron chi connectivity index (χ2n) is 4.42. The Labute approximate surface area is 104 Å². The van der Waals surface area contributed by atoms with Crippen LogP contribution in [-0.4, -0.2) is 4.98 Å². The average molecular weight is 225 g/mol. The molecule has 0 amide bonds. The maximum Gasteiger partial charge on any atom is 0.0736 e. The molecule has 1 heteroatoms. The fourth-order valence-electron chi connectivity index (χ4n) is 2.10. The second-order valence-corrected chi connectivity index (χ2v) is 4.42. The minimum Gasteiger partial charge on any atom is -0.256 e. The molecule has 17 heavy (non-hydrogen) atoms. The predicted molar refractivity (Wildman–Crippen MR) is 73.0 cm³/mol. The Morgan fingerprint density at radius 1 is 1.06 bits per heavy atom. The first kappa shape index (κ1) is 11.8. The Morgan fingerprint density at radius 2 is 1.82 bits per heavy atom. The van der Waals surface area contributed by atoms with E-state index in [2.05, 4.69) is 49.2 Å². The standard InChI is InChI=1S/C16H19N/c1-3-4-10-15-13(2)11-12-17-16(15)14-8-6-5-7-9-14/h5-9,11-12H,3-4,10H2,1-2H3. The van der Waals surface area contributed by atoms with E-state index in [0.717, 1.165) is 12.1 Å². The van der Waals surface area contributed by atoms with Crippen molar-refractivity contribution in [2.24, 2.45) is 0 Å². The molecule has 0 aliphatic rings. The number of nitrogens with zero attached hydrogens (tertiary/aromatic N) is 1. The van der Waals surface area contributed by atoms with Crippen LogP contribution in [0.1, 0.15) is 30.9 Å². The highest BCUT2D eigenvalue weighted by Gasteiger charge is 2.08. The van der Waals surface area contributed by atoms with Crippen LogP contribution in [0.15, 0.2) is 42.6 Å². The van der Waals surface area contributed by atoms with Crippen molar-refractivity contribution in [3.05, 3.63) is 53.7 Å². The number of aryl methyl sites for hydroxylation is 1. The Hall–Kier alpha value is -1.63. The van der Waals surface area contributed by atoms with Crippen LogP contribution >= 0.6 is 0 Å². The van der Waals surface area contributed by atoms with Gasteiger partial charge in [0.1, 0.15) is 0 Å². The average Bonchev–Trinajstić information content (AvgIpc) is 2.38. The smallest absolute Gasteiger partial charge is 0.0736 e. The molecule has 0 spiro atoms. The zero-order valence-corrected chi connectivity index (χ0v) is 10.6. The van der Waals surface area contributed by atoms with Gasteiger partial charge in [-0.05, 0) is 37.0 Å². The van der Waals surface area contributed by atoms with Gasteiger partial charge in [-0.3, -0.25) is 4.98 Å². The van der Waals surface area contributed by atoms with Gasteiger partial charge in [0.2, 0.25) is 0 Å². The molecule has 0 atom stereocenters. The van der Waals surface area contributed by atoms with Crippen LogP contribution in [0.5, 0.6) is 0 Å². The molecule has 0 fully saturated rings. The van der Waals surface area contributed by atoms with Crippen LogP contribution in [0.4, 0.5) is 0 Å². The van der Waals surface area contributed by atoms with E-state index >= 15 is 0 Å². The van der Waals surface area contributed by atoms with Gasteiger partial charge in [0, 0.05) is 11.8 Å². The molecule has 1 aromatic carbocycles. The van der Waals surface area contributed by atoms with E-state index in [1.165, 1.54) is 29.5 Å². The summed E-state index contributed by atoms with van der Waals surface area (Å²) in [5, 5.41) is 0. The lowest BCUT2D eigenvalue weighted by Crippen LogP contribution is -1.96. The van der Waals surface area contributed by atoms with E-state index in [0.29, 0.717) is 0 Å². The van der Waals surface area contributed by atoms with Crippen LogP contribution in [0.3, 0.4) is 0 Å². The van der Waals surface area contributed by atoms with Gasteiger partial charge in [-0.1, -0.05) is 43.7 Å². The molecule has 0 saturated heterocycles. The summed E-state index contributed by atoms with van der Waals surface area (Å²) in [4.78, 5) is 4.56. The topological polar surface area (TPSA) is 12.9 Å². The molecule has 1 heterocycles. The molecular formula is C16H19N. The molecule has 0 aliphatic heterocycles. The number of aromatic nitrogens is 1. The van der Waals surface area contributed by atoms with Crippen LogP contribution in [0.25, 0.3) is 11.3 Å². The molecule has 2 rings (SSSR count). The van der Waals surface area contributed by atoms with Crippen LogP contribution < -0.4 is 0 Å². The molecule has 0 N–H and O–H groups in total. The van der Waals surface area contributed by atoms with Crippen LogP contribution in [0.2, 0.25) is 0 Å². The van der Waals surface area contributed by atoms with Gasteiger partial charge in [-0.15, -0.1) is 0 Å². The third-order valence-corrected chi connectivity index (χ3v) is 3.12. The van der Waals surface area contributed by atoms with Crippen molar-refractivity contribution in [1.82, 2.24) is 4.98 Å². The highest BCUT2D eigenvalue weighted by molar-refractivity contribution is 5.64. The number of rotatable bonds is 4. The lowest BCUT2D eigenvalue weighted by Gasteiger charge is -2.11. The quantitative estimate of drug-likeness (QED) is 0.751. The predicted octanol–water partition coefficient (Wildman–Crippen LogP) is 4.40. The number of benzene rings is 1. The van der Waals surface area contributed by atoms with Crippen molar-refractivity contribution in [1.29, 1.82) is 0 Å². The molecule has 0 radical (unpaired) electrons. The maximum absolute atomic E-state index is 4.56. The second kappa shape index (κ2) is 5.62. The van der Waals surface area contributed by atoms with Gasteiger partial charge in [-0.25, -0.2) is 0 Å². The molecule has 1 aromatic heterocycles. The van der Waals surface area contributed by atoms with Crippen LogP contribution in [0, 0.1) is 6.92 Å². The zero-order chi connectivity index (χ0) is 12.1. The van der Waals surface area contributed by atoms with Crippen molar-refractivity contribution in [2.45, 2.75) is 33.1 Å². The van der Waals surface area contributed by atoms with E-state index in [4.69, 9.17) is 0 Å². The number of unbranched alkanes of at least 4 members (excludes halogenated alkanes) is 1. The summed E-state index contributed by atoms with van der Waals surface area (Å²) in [5.74, 6) is 0. The fraction of sp³-hybridized carbons (Fsp3) is 0.312. The molecule has 0 saturated carbocycles. The third kappa shape index (κ3) is 2.73.